The minimum atomic E-state index is -0.0821. The Kier molecular flexibility index (Phi) is 4.46. The van der Waals surface area contributed by atoms with Crippen LogP contribution in [0.15, 0.2) is 55.0 Å². The Morgan fingerprint density at radius 2 is 2.04 bits per heavy atom. The van der Waals surface area contributed by atoms with Gasteiger partial charge in [0.15, 0.2) is 0 Å². The van der Waals surface area contributed by atoms with E-state index in [1.54, 1.807) is 10.9 Å². The van der Waals surface area contributed by atoms with Crippen LogP contribution in [-0.4, -0.2) is 38.7 Å². The van der Waals surface area contributed by atoms with Crippen molar-refractivity contribution in [1.29, 1.82) is 0 Å². The molecule has 2 aromatic heterocycles. The molecule has 0 saturated heterocycles. The third kappa shape index (κ3) is 3.44. The van der Waals surface area contributed by atoms with Gasteiger partial charge in [-0.1, -0.05) is 25.1 Å². The van der Waals surface area contributed by atoms with Crippen molar-refractivity contribution in [3.8, 4) is 0 Å². The number of benzene rings is 1. The summed E-state index contributed by atoms with van der Waals surface area (Å²) >= 11 is 0. The number of hydrogen-bond acceptors (Lipinski definition) is 2. The lowest BCUT2D eigenvalue weighted by atomic mass is 10.1. The summed E-state index contributed by atoms with van der Waals surface area (Å²) in [5.41, 5.74) is 1.21. The normalized spacial score (nSPS) is 12.4. The van der Waals surface area contributed by atoms with Crippen molar-refractivity contribution < 1.29 is 4.79 Å². The van der Waals surface area contributed by atoms with E-state index in [1.807, 2.05) is 43.3 Å². The molecule has 120 valence electrons. The van der Waals surface area contributed by atoms with Crippen LogP contribution >= 0.6 is 0 Å². The van der Waals surface area contributed by atoms with Crippen LogP contribution in [0.2, 0.25) is 0 Å². The third-order valence-electron chi connectivity index (χ3n) is 4.17. The summed E-state index contributed by atoms with van der Waals surface area (Å²) in [6.45, 7) is 4.05. The number of hydrogen-bond donors (Lipinski definition) is 0. The summed E-state index contributed by atoms with van der Waals surface area (Å²) in [5, 5.41) is 5.39. The molecule has 0 bridgehead atoms. The van der Waals surface area contributed by atoms with Crippen LogP contribution in [0.3, 0.4) is 0 Å². The molecule has 23 heavy (non-hydrogen) atoms. The number of aromatic nitrogens is 3. The SMILES string of the molecule is CC(Cn1cccn1)C(=O)N(C)CCn1ccc2ccccc21. The Bertz CT molecular complexity index is 775. The van der Waals surface area contributed by atoms with Crippen molar-refractivity contribution in [2.45, 2.75) is 20.0 Å². The topological polar surface area (TPSA) is 43.1 Å². The van der Waals surface area contributed by atoms with Crippen molar-refractivity contribution in [2.75, 3.05) is 13.6 Å². The maximum absolute atomic E-state index is 12.5. The van der Waals surface area contributed by atoms with Crippen molar-refractivity contribution in [2.24, 2.45) is 5.92 Å². The molecule has 2 heterocycles. The Morgan fingerprint density at radius 3 is 2.83 bits per heavy atom. The molecule has 5 nitrogen and oxygen atoms in total. The highest BCUT2D eigenvalue weighted by Crippen LogP contribution is 2.15. The predicted octanol–water partition coefficient (Wildman–Crippen LogP) is 2.63. The quantitative estimate of drug-likeness (QED) is 0.702. The van der Waals surface area contributed by atoms with E-state index in [2.05, 4.69) is 34.1 Å². The fraction of sp³-hybridized carbons (Fsp3) is 0.333. The van der Waals surface area contributed by atoms with Gasteiger partial charge in [0, 0.05) is 44.2 Å². The monoisotopic (exact) mass is 310 g/mol. The molecule has 0 aliphatic rings. The molecule has 1 amide bonds. The van der Waals surface area contributed by atoms with E-state index in [-0.39, 0.29) is 11.8 Å². The van der Waals surface area contributed by atoms with E-state index in [4.69, 9.17) is 0 Å². The smallest absolute Gasteiger partial charge is 0.227 e. The molecule has 0 aliphatic carbocycles. The number of carbonyl (C=O) groups is 1. The molecule has 5 heteroatoms. The number of fused-ring (bicyclic) bond motifs is 1. The van der Waals surface area contributed by atoms with Gasteiger partial charge in [0.25, 0.3) is 0 Å². The summed E-state index contributed by atoms with van der Waals surface area (Å²) in [6.07, 6.45) is 5.70. The molecule has 0 N–H and O–H groups in total. The maximum atomic E-state index is 12.5. The average molecular weight is 310 g/mol. The second-order valence-electron chi connectivity index (χ2n) is 5.96. The third-order valence-corrected chi connectivity index (χ3v) is 4.17. The summed E-state index contributed by atoms with van der Waals surface area (Å²) in [6, 6.07) is 12.3. The first kappa shape index (κ1) is 15.3. The van der Waals surface area contributed by atoms with E-state index in [0.29, 0.717) is 13.1 Å². The highest BCUT2D eigenvalue weighted by atomic mass is 16.2. The second kappa shape index (κ2) is 6.69. The summed E-state index contributed by atoms with van der Waals surface area (Å²) in [4.78, 5) is 14.3. The number of nitrogens with zero attached hydrogens (tertiary/aromatic N) is 4. The van der Waals surface area contributed by atoms with E-state index < -0.39 is 0 Å². The lowest BCUT2D eigenvalue weighted by Crippen LogP contribution is -2.35. The number of para-hydroxylation sites is 1. The van der Waals surface area contributed by atoms with Crippen LogP contribution in [0.1, 0.15) is 6.92 Å². The molecule has 0 saturated carbocycles. The molecule has 1 atom stereocenters. The van der Waals surface area contributed by atoms with Gasteiger partial charge in [-0.25, -0.2) is 0 Å². The van der Waals surface area contributed by atoms with Crippen LogP contribution in [0.4, 0.5) is 0 Å². The minimum Gasteiger partial charge on any atom is -0.346 e. The molecule has 3 aromatic rings. The summed E-state index contributed by atoms with van der Waals surface area (Å²) < 4.78 is 3.99. The average Bonchev–Trinajstić information content (AvgIpc) is 3.21. The first-order chi connectivity index (χ1) is 11.1. The second-order valence-corrected chi connectivity index (χ2v) is 5.96. The standard InChI is InChI=1S/C18H22N4O/c1-15(14-22-10-5-9-19-22)18(23)20(2)12-13-21-11-8-16-6-3-4-7-17(16)21/h3-11,15H,12-14H2,1-2H3. The number of carbonyl (C=O) groups excluding carboxylic acids is 1. The lowest BCUT2D eigenvalue weighted by Gasteiger charge is -2.22. The molecular weight excluding hydrogens is 288 g/mol. The van der Waals surface area contributed by atoms with Gasteiger partial charge in [0.05, 0.1) is 12.5 Å². The molecule has 1 unspecified atom stereocenters. The van der Waals surface area contributed by atoms with Gasteiger partial charge in [-0.2, -0.15) is 5.10 Å². The Morgan fingerprint density at radius 1 is 1.22 bits per heavy atom. The number of likely N-dealkylation sites (N-methyl/N-ethyl adjacent to an activating group) is 1. The minimum absolute atomic E-state index is 0.0821. The molecule has 0 spiro atoms. The molecular formula is C18H22N4O. The fourth-order valence-electron chi connectivity index (χ4n) is 2.85. The zero-order valence-electron chi connectivity index (χ0n) is 13.6. The highest BCUT2D eigenvalue weighted by molar-refractivity contribution is 5.80. The summed E-state index contributed by atoms with van der Waals surface area (Å²) in [5.74, 6) is 0.0678. The number of rotatable bonds is 6. The van der Waals surface area contributed by atoms with Crippen molar-refractivity contribution >= 4 is 16.8 Å². The van der Waals surface area contributed by atoms with E-state index in [9.17, 15) is 4.79 Å². The molecule has 0 radical (unpaired) electrons. The van der Waals surface area contributed by atoms with E-state index >= 15 is 0 Å². The molecule has 3 rings (SSSR count). The zero-order chi connectivity index (χ0) is 16.2. The first-order valence-corrected chi connectivity index (χ1v) is 7.91. The fourth-order valence-corrected chi connectivity index (χ4v) is 2.85. The maximum Gasteiger partial charge on any atom is 0.227 e. The first-order valence-electron chi connectivity index (χ1n) is 7.91. The van der Waals surface area contributed by atoms with Gasteiger partial charge >= 0.3 is 0 Å². The van der Waals surface area contributed by atoms with Gasteiger partial charge in [-0.3, -0.25) is 9.48 Å². The Balaban J connectivity index is 1.58. The zero-order valence-corrected chi connectivity index (χ0v) is 13.6. The molecule has 0 aliphatic heterocycles. The largest absolute Gasteiger partial charge is 0.346 e. The van der Waals surface area contributed by atoms with Crippen LogP contribution in [-0.2, 0) is 17.9 Å². The lowest BCUT2D eigenvalue weighted by molar-refractivity contribution is -0.134. The molecule has 0 fully saturated rings. The Hall–Kier alpha value is -2.56. The van der Waals surface area contributed by atoms with Crippen LogP contribution < -0.4 is 0 Å². The Labute approximate surface area is 136 Å². The van der Waals surface area contributed by atoms with E-state index in [1.165, 1.54) is 10.9 Å². The van der Waals surface area contributed by atoms with E-state index in [0.717, 1.165) is 6.54 Å². The van der Waals surface area contributed by atoms with Crippen molar-refractivity contribution in [3.05, 3.63) is 55.0 Å². The van der Waals surface area contributed by atoms with Gasteiger partial charge < -0.3 is 9.47 Å². The number of amides is 1. The van der Waals surface area contributed by atoms with Gasteiger partial charge in [-0.05, 0) is 23.6 Å². The van der Waals surface area contributed by atoms with Crippen LogP contribution in [0.5, 0.6) is 0 Å². The van der Waals surface area contributed by atoms with Gasteiger partial charge in [0.1, 0.15) is 0 Å². The van der Waals surface area contributed by atoms with Crippen molar-refractivity contribution in [1.82, 2.24) is 19.2 Å². The van der Waals surface area contributed by atoms with Gasteiger partial charge in [0.2, 0.25) is 5.91 Å². The summed E-state index contributed by atoms with van der Waals surface area (Å²) in [7, 11) is 1.87. The van der Waals surface area contributed by atoms with Crippen molar-refractivity contribution in [3.63, 3.8) is 0 Å². The highest BCUT2D eigenvalue weighted by Gasteiger charge is 2.18. The van der Waals surface area contributed by atoms with Crippen LogP contribution in [0.25, 0.3) is 10.9 Å². The predicted molar refractivity (Wildman–Crippen MR) is 91.0 cm³/mol. The van der Waals surface area contributed by atoms with Gasteiger partial charge in [-0.15, -0.1) is 0 Å². The molecule has 1 aromatic carbocycles. The van der Waals surface area contributed by atoms with Crippen LogP contribution in [0, 0.1) is 5.92 Å².